The van der Waals surface area contributed by atoms with Gasteiger partial charge in [-0.05, 0) is 41.4 Å². The van der Waals surface area contributed by atoms with Gasteiger partial charge in [-0.1, -0.05) is 18.5 Å². The molecule has 2 rings (SSSR count). The van der Waals surface area contributed by atoms with Crippen molar-refractivity contribution >= 4 is 27.5 Å². The Bertz CT molecular complexity index is 615. The highest BCUT2D eigenvalue weighted by Crippen LogP contribution is 2.25. The summed E-state index contributed by atoms with van der Waals surface area (Å²) >= 11 is 9.39. The molecule has 0 saturated heterocycles. The smallest absolute Gasteiger partial charge is 0.141 e. The van der Waals surface area contributed by atoms with E-state index in [0.717, 1.165) is 17.8 Å². The van der Waals surface area contributed by atoms with E-state index in [0.29, 0.717) is 21.8 Å². The zero-order chi connectivity index (χ0) is 14.7. The zero-order valence-electron chi connectivity index (χ0n) is 11.3. The largest absolute Gasteiger partial charge is 0.487 e. The summed E-state index contributed by atoms with van der Waals surface area (Å²) in [5, 5.41) is 5.05. The minimum Gasteiger partial charge on any atom is -0.487 e. The van der Waals surface area contributed by atoms with Gasteiger partial charge < -0.3 is 4.74 Å². The minimum atomic E-state index is -0.355. The lowest BCUT2D eigenvalue weighted by Gasteiger charge is -2.08. The van der Waals surface area contributed by atoms with Crippen molar-refractivity contribution < 1.29 is 9.13 Å². The first-order valence-corrected chi connectivity index (χ1v) is 7.55. The Balaban J connectivity index is 2.17. The Hall–Kier alpha value is -1.07. The molecule has 108 valence electrons. The van der Waals surface area contributed by atoms with Crippen LogP contribution in [0, 0.1) is 5.82 Å². The molecule has 0 aliphatic carbocycles. The molecule has 2 aromatic rings. The number of ether oxygens (including phenoxy) is 1. The molecule has 0 aliphatic rings. The SMILES string of the molecule is CCc1nn(CC)c(COc2ccc(Br)c(F)c2)c1Cl. The van der Waals surface area contributed by atoms with Crippen LogP contribution < -0.4 is 4.74 Å². The van der Waals surface area contributed by atoms with Gasteiger partial charge in [0.25, 0.3) is 0 Å². The summed E-state index contributed by atoms with van der Waals surface area (Å²) in [4.78, 5) is 0. The van der Waals surface area contributed by atoms with Crippen LogP contribution in [0.5, 0.6) is 5.75 Å². The second-order valence-corrected chi connectivity index (χ2v) is 5.47. The monoisotopic (exact) mass is 360 g/mol. The van der Waals surface area contributed by atoms with Crippen LogP contribution in [0.1, 0.15) is 25.2 Å². The highest BCUT2D eigenvalue weighted by Gasteiger charge is 2.15. The normalized spacial score (nSPS) is 10.8. The molecule has 0 spiro atoms. The minimum absolute atomic E-state index is 0.265. The number of hydrogen-bond donors (Lipinski definition) is 0. The first-order valence-electron chi connectivity index (χ1n) is 6.38. The van der Waals surface area contributed by atoms with Crippen molar-refractivity contribution in [3.05, 3.63) is 44.9 Å². The van der Waals surface area contributed by atoms with Gasteiger partial charge in [-0.3, -0.25) is 4.68 Å². The molecular formula is C14H15BrClFN2O. The number of benzene rings is 1. The van der Waals surface area contributed by atoms with Gasteiger partial charge in [0.15, 0.2) is 0 Å². The van der Waals surface area contributed by atoms with Crippen LogP contribution in [-0.2, 0) is 19.6 Å². The second-order valence-electron chi connectivity index (χ2n) is 4.24. The third kappa shape index (κ3) is 3.15. The Labute approximate surface area is 130 Å². The Morgan fingerprint density at radius 3 is 2.75 bits per heavy atom. The molecule has 0 radical (unpaired) electrons. The van der Waals surface area contributed by atoms with Gasteiger partial charge >= 0.3 is 0 Å². The molecule has 0 bridgehead atoms. The van der Waals surface area contributed by atoms with Gasteiger partial charge in [0, 0.05) is 12.6 Å². The molecule has 1 aromatic heterocycles. The average Bonchev–Trinajstić information content (AvgIpc) is 2.76. The maximum atomic E-state index is 13.4. The third-order valence-corrected chi connectivity index (χ3v) is 4.04. The first-order chi connectivity index (χ1) is 9.56. The lowest BCUT2D eigenvalue weighted by molar-refractivity contribution is 0.291. The molecular weight excluding hydrogens is 347 g/mol. The predicted molar refractivity (Wildman–Crippen MR) is 80.7 cm³/mol. The molecule has 1 heterocycles. The van der Waals surface area contributed by atoms with E-state index in [2.05, 4.69) is 21.0 Å². The van der Waals surface area contributed by atoms with Gasteiger partial charge in [0.05, 0.1) is 20.9 Å². The van der Waals surface area contributed by atoms with Crippen molar-refractivity contribution in [2.75, 3.05) is 0 Å². The third-order valence-electron chi connectivity index (χ3n) is 2.96. The Morgan fingerprint density at radius 2 is 2.15 bits per heavy atom. The van der Waals surface area contributed by atoms with Crippen LogP contribution in [0.2, 0.25) is 5.02 Å². The Morgan fingerprint density at radius 1 is 1.40 bits per heavy atom. The highest BCUT2D eigenvalue weighted by atomic mass is 79.9. The number of nitrogens with zero attached hydrogens (tertiary/aromatic N) is 2. The maximum absolute atomic E-state index is 13.4. The van der Waals surface area contributed by atoms with Crippen molar-refractivity contribution in [3.63, 3.8) is 0 Å². The van der Waals surface area contributed by atoms with E-state index in [1.807, 2.05) is 18.5 Å². The molecule has 0 unspecified atom stereocenters. The van der Waals surface area contributed by atoms with Crippen LogP contribution >= 0.6 is 27.5 Å². The number of halogens is 3. The predicted octanol–water partition coefficient (Wildman–Crippen LogP) is 4.60. The van der Waals surface area contributed by atoms with Crippen LogP contribution in [0.15, 0.2) is 22.7 Å². The number of hydrogen-bond acceptors (Lipinski definition) is 2. The number of rotatable bonds is 5. The summed E-state index contributed by atoms with van der Waals surface area (Å²) in [6, 6.07) is 4.65. The van der Waals surface area contributed by atoms with Gasteiger partial charge in [0.2, 0.25) is 0 Å². The molecule has 6 heteroatoms. The van der Waals surface area contributed by atoms with Crippen molar-refractivity contribution in [1.82, 2.24) is 9.78 Å². The van der Waals surface area contributed by atoms with E-state index >= 15 is 0 Å². The van der Waals surface area contributed by atoms with Crippen molar-refractivity contribution in [3.8, 4) is 5.75 Å². The summed E-state index contributed by atoms with van der Waals surface area (Å²) in [5.74, 6) is 0.107. The van der Waals surface area contributed by atoms with E-state index in [1.165, 1.54) is 6.07 Å². The lowest BCUT2D eigenvalue weighted by atomic mass is 10.3. The molecule has 0 amide bonds. The summed E-state index contributed by atoms with van der Waals surface area (Å²) in [7, 11) is 0. The molecule has 0 atom stereocenters. The summed E-state index contributed by atoms with van der Waals surface area (Å²) in [5.41, 5.74) is 1.67. The highest BCUT2D eigenvalue weighted by molar-refractivity contribution is 9.10. The van der Waals surface area contributed by atoms with E-state index in [9.17, 15) is 4.39 Å². The van der Waals surface area contributed by atoms with Gasteiger partial charge in [-0.15, -0.1) is 0 Å². The summed E-state index contributed by atoms with van der Waals surface area (Å²) < 4.78 is 21.2. The fourth-order valence-electron chi connectivity index (χ4n) is 1.87. The molecule has 1 aromatic carbocycles. The molecule has 0 fully saturated rings. The number of aromatic nitrogens is 2. The summed E-state index contributed by atoms with van der Waals surface area (Å²) in [6.45, 7) is 4.97. The van der Waals surface area contributed by atoms with Gasteiger partial charge in [-0.2, -0.15) is 5.10 Å². The summed E-state index contributed by atoms with van der Waals surface area (Å²) in [6.07, 6.45) is 0.770. The fraction of sp³-hybridized carbons (Fsp3) is 0.357. The Kier molecular flexibility index (Phi) is 5.05. The van der Waals surface area contributed by atoms with Crippen LogP contribution in [0.25, 0.3) is 0 Å². The van der Waals surface area contributed by atoms with E-state index in [-0.39, 0.29) is 12.4 Å². The molecule has 3 nitrogen and oxygen atoms in total. The fourth-order valence-corrected chi connectivity index (χ4v) is 2.44. The standard InChI is InChI=1S/C14H15BrClFN2O/c1-3-12-14(16)13(19(4-2)18-12)8-20-9-5-6-10(15)11(17)7-9/h5-7H,3-4,8H2,1-2H3. The van der Waals surface area contributed by atoms with E-state index in [4.69, 9.17) is 16.3 Å². The van der Waals surface area contributed by atoms with E-state index < -0.39 is 0 Å². The average molecular weight is 362 g/mol. The molecule has 20 heavy (non-hydrogen) atoms. The van der Waals surface area contributed by atoms with E-state index in [1.54, 1.807) is 12.1 Å². The van der Waals surface area contributed by atoms with Crippen molar-refractivity contribution in [2.24, 2.45) is 0 Å². The van der Waals surface area contributed by atoms with Crippen LogP contribution in [0.3, 0.4) is 0 Å². The van der Waals surface area contributed by atoms with Crippen LogP contribution in [0.4, 0.5) is 4.39 Å². The quantitative estimate of drug-likeness (QED) is 0.778. The molecule has 0 aliphatic heterocycles. The topological polar surface area (TPSA) is 27.1 Å². The first kappa shape index (κ1) is 15.3. The second kappa shape index (κ2) is 6.59. The number of aryl methyl sites for hydroxylation is 2. The maximum Gasteiger partial charge on any atom is 0.141 e. The van der Waals surface area contributed by atoms with Gasteiger partial charge in [0.1, 0.15) is 18.2 Å². The molecule has 0 saturated carbocycles. The molecule has 0 N–H and O–H groups in total. The lowest BCUT2D eigenvalue weighted by Crippen LogP contribution is -2.06. The van der Waals surface area contributed by atoms with Gasteiger partial charge in [-0.25, -0.2) is 4.39 Å². The zero-order valence-corrected chi connectivity index (χ0v) is 13.6. The van der Waals surface area contributed by atoms with Crippen molar-refractivity contribution in [2.45, 2.75) is 33.4 Å². The van der Waals surface area contributed by atoms with Crippen molar-refractivity contribution in [1.29, 1.82) is 0 Å². The van der Waals surface area contributed by atoms with Crippen LogP contribution in [-0.4, -0.2) is 9.78 Å².